The van der Waals surface area contributed by atoms with E-state index in [1.807, 2.05) is 103 Å². The minimum atomic E-state index is -0.758. The smallest absolute Gasteiger partial charge is 0.225 e. The van der Waals surface area contributed by atoms with E-state index in [1.165, 1.54) is 0 Å². The Bertz CT molecular complexity index is 1370. The summed E-state index contributed by atoms with van der Waals surface area (Å²) in [6.07, 6.45) is 3.06. The molecule has 1 heterocycles. The molecule has 1 amide bonds. The molecule has 0 aromatic heterocycles. The molecule has 0 saturated carbocycles. The van der Waals surface area contributed by atoms with E-state index in [-0.39, 0.29) is 18.2 Å². The topological polar surface area (TPSA) is 67.8 Å². The van der Waals surface area contributed by atoms with Gasteiger partial charge in [-0.2, -0.15) is 0 Å². The van der Waals surface area contributed by atoms with Crippen LogP contribution in [0.15, 0.2) is 103 Å². The van der Waals surface area contributed by atoms with Gasteiger partial charge in [0, 0.05) is 36.1 Å². The number of methoxy groups -OCH3 is 1. The van der Waals surface area contributed by atoms with Crippen LogP contribution < -0.4 is 10.1 Å². The number of ether oxygens (including phenoxy) is 2. The zero-order chi connectivity index (χ0) is 25.6. The summed E-state index contributed by atoms with van der Waals surface area (Å²) in [6.45, 7) is 0.349. The minimum Gasteiger partial charge on any atom is -0.457 e. The van der Waals surface area contributed by atoms with Crippen LogP contribution in [0.1, 0.15) is 46.3 Å². The average molecular weight is 492 g/mol. The molecule has 5 heteroatoms. The van der Waals surface area contributed by atoms with Crippen molar-refractivity contribution in [3.63, 3.8) is 0 Å². The van der Waals surface area contributed by atoms with Crippen molar-refractivity contribution in [1.29, 1.82) is 0 Å². The molecule has 0 bridgehead atoms. The van der Waals surface area contributed by atoms with Crippen molar-refractivity contribution in [3.05, 3.63) is 131 Å². The molecule has 37 heavy (non-hydrogen) atoms. The first-order chi connectivity index (χ1) is 18.1. The number of anilines is 1. The Morgan fingerprint density at radius 1 is 0.919 bits per heavy atom. The Kier molecular flexibility index (Phi) is 7.45. The van der Waals surface area contributed by atoms with Crippen LogP contribution in [0.5, 0.6) is 11.5 Å². The maximum absolute atomic E-state index is 13.5. The Morgan fingerprint density at radius 3 is 2.24 bits per heavy atom. The second kappa shape index (κ2) is 11.2. The van der Waals surface area contributed by atoms with Gasteiger partial charge in [0.2, 0.25) is 5.91 Å². The third-order valence-corrected chi connectivity index (χ3v) is 6.54. The van der Waals surface area contributed by atoms with Crippen LogP contribution in [-0.2, 0) is 16.1 Å². The van der Waals surface area contributed by atoms with Crippen LogP contribution in [0.3, 0.4) is 0 Å². The molecule has 5 rings (SSSR count). The Morgan fingerprint density at radius 2 is 1.57 bits per heavy atom. The van der Waals surface area contributed by atoms with Gasteiger partial charge in [0.05, 0.1) is 18.4 Å². The van der Waals surface area contributed by atoms with Crippen LogP contribution in [0.25, 0.3) is 6.08 Å². The van der Waals surface area contributed by atoms with Crippen LogP contribution in [0.4, 0.5) is 5.69 Å². The molecule has 5 nitrogen and oxygen atoms in total. The lowest BCUT2D eigenvalue weighted by molar-refractivity contribution is -0.116. The highest BCUT2D eigenvalue weighted by molar-refractivity contribution is 5.95. The number of para-hydroxylation sites is 3. The fraction of sp³-hybridized carbons (Fsp3) is 0.156. The van der Waals surface area contributed by atoms with Crippen LogP contribution >= 0.6 is 0 Å². The average Bonchev–Trinajstić information content (AvgIpc) is 2.93. The lowest BCUT2D eigenvalue weighted by atomic mass is 9.85. The third-order valence-electron chi connectivity index (χ3n) is 6.54. The highest BCUT2D eigenvalue weighted by atomic mass is 16.5. The van der Waals surface area contributed by atoms with Crippen LogP contribution in [0.2, 0.25) is 0 Å². The fourth-order valence-electron chi connectivity index (χ4n) is 4.75. The van der Waals surface area contributed by atoms with Gasteiger partial charge in [0.25, 0.3) is 0 Å². The molecule has 0 fully saturated rings. The number of fused-ring (bicyclic) bond motifs is 2. The summed E-state index contributed by atoms with van der Waals surface area (Å²) in [5.41, 5.74) is 5.12. The van der Waals surface area contributed by atoms with E-state index < -0.39 is 6.10 Å². The van der Waals surface area contributed by atoms with Crippen LogP contribution in [-0.4, -0.2) is 18.1 Å². The summed E-state index contributed by atoms with van der Waals surface area (Å²) in [5, 5.41) is 13.8. The third kappa shape index (κ3) is 5.48. The number of aliphatic hydroxyl groups excluding tert-OH is 1. The van der Waals surface area contributed by atoms with Crippen molar-refractivity contribution in [2.45, 2.75) is 25.0 Å². The van der Waals surface area contributed by atoms with E-state index >= 15 is 0 Å². The van der Waals surface area contributed by atoms with Crippen molar-refractivity contribution >= 4 is 17.7 Å². The summed E-state index contributed by atoms with van der Waals surface area (Å²) in [5.74, 6) is 1.31. The molecular formula is C32H29NO4. The summed E-state index contributed by atoms with van der Waals surface area (Å²) < 4.78 is 11.5. The minimum absolute atomic E-state index is 0.113. The number of rotatable bonds is 8. The van der Waals surface area contributed by atoms with Gasteiger partial charge in [-0.25, -0.2) is 0 Å². The molecule has 0 saturated heterocycles. The molecule has 0 aliphatic carbocycles. The molecule has 1 unspecified atom stereocenters. The number of amides is 1. The molecule has 186 valence electrons. The van der Waals surface area contributed by atoms with Gasteiger partial charge < -0.3 is 19.9 Å². The first-order valence-electron chi connectivity index (χ1n) is 12.3. The molecular weight excluding hydrogens is 462 g/mol. The summed E-state index contributed by atoms with van der Waals surface area (Å²) >= 11 is 0. The first kappa shape index (κ1) is 24.5. The molecule has 1 aliphatic heterocycles. The summed E-state index contributed by atoms with van der Waals surface area (Å²) in [4.78, 5) is 13.5. The van der Waals surface area contributed by atoms with Crippen molar-refractivity contribution in [1.82, 2.24) is 0 Å². The zero-order valence-electron chi connectivity index (χ0n) is 20.6. The van der Waals surface area contributed by atoms with E-state index in [9.17, 15) is 9.90 Å². The standard InChI is InChI=1S/C32H29NO4/c1-36-21-24-13-9-12-23(18-19-28(34)22-10-3-2-4-11-22)32(24)33-31(35)20-27-25-14-5-7-16-29(25)37-30-17-8-6-15-26(27)30/h2-19,27-28,34H,20-21H2,1H3,(H,33,35). The monoisotopic (exact) mass is 491 g/mol. The SMILES string of the molecule is COCc1cccc(C=CC(O)c2ccccc2)c1NC(=O)CC1c2ccccc2Oc2ccccc21. The lowest BCUT2D eigenvalue weighted by Crippen LogP contribution is -2.20. The Labute approximate surface area is 217 Å². The highest BCUT2D eigenvalue weighted by Crippen LogP contribution is 2.45. The van der Waals surface area contributed by atoms with E-state index in [0.29, 0.717) is 12.3 Å². The number of hydrogen-bond donors (Lipinski definition) is 2. The van der Waals surface area contributed by atoms with E-state index in [0.717, 1.165) is 39.3 Å². The largest absolute Gasteiger partial charge is 0.457 e. The quantitative estimate of drug-likeness (QED) is 0.283. The number of carbonyl (C=O) groups excluding carboxylic acids is 1. The van der Waals surface area contributed by atoms with Crippen LogP contribution in [0, 0.1) is 0 Å². The predicted octanol–water partition coefficient (Wildman–Crippen LogP) is 6.85. The van der Waals surface area contributed by atoms with Gasteiger partial charge in [-0.15, -0.1) is 0 Å². The van der Waals surface area contributed by atoms with E-state index in [4.69, 9.17) is 9.47 Å². The summed E-state index contributed by atoms with van der Waals surface area (Å²) in [6, 6.07) is 30.9. The van der Waals surface area contributed by atoms with Crippen molar-refractivity contribution in [3.8, 4) is 11.5 Å². The van der Waals surface area contributed by atoms with Crippen molar-refractivity contribution < 1.29 is 19.4 Å². The molecule has 0 spiro atoms. The van der Waals surface area contributed by atoms with Gasteiger partial charge in [-0.1, -0.05) is 97.1 Å². The van der Waals surface area contributed by atoms with E-state index in [2.05, 4.69) is 5.32 Å². The second-order valence-electron chi connectivity index (χ2n) is 9.01. The number of nitrogens with one attached hydrogen (secondary N) is 1. The highest BCUT2D eigenvalue weighted by Gasteiger charge is 2.29. The maximum atomic E-state index is 13.5. The maximum Gasteiger partial charge on any atom is 0.225 e. The molecule has 2 N–H and O–H groups in total. The van der Waals surface area contributed by atoms with Gasteiger partial charge in [-0.05, 0) is 23.3 Å². The van der Waals surface area contributed by atoms with Gasteiger partial charge in [-0.3, -0.25) is 4.79 Å². The van der Waals surface area contributed by atoms with Gasteiger partial charge in [0.15, 0.2) is 0 Å². The number of hydrogen-bond acceptors (Lipinski definition) is 4. The Hall–Kier alpha value is -4.19. The molecule has 4 aromatic rings. The fourth-order valence-corrected chi connectivity index (χ4v) is 4.75. The van der Waals surface area contributed by atoms with E-state index in [1.54, 1.807) is 13.2 Å². The molecule has 1 aliphatic rings. The lowest BCUT2D eigenvalue weighted by Gasteiger charge is -2.28. The molecule has 0 radical (unpaired) electrons. The van der Waals surface area contributed by atoms with Crippen molar-refractivity contribution in [2.75, 3.05) is 12.4 Å². The Balaban J connectivity index is 1.42. The van der Waals surface area contributed by atoms with Crippen molar-refractivity contribution in [2.24, 2.45) is 0 Å². The molecule has 1 atom stereocenters. The normalized spacial score (nSPS) is 13.5. The second-order valence-corrected chi connectivity index (χ2v) is 9.01. The number of aliphatic hydroxyl groups is 1. The predicted molar refractivity (Wildman–Crippen MR) is 146 cm³/mol. The summed E-state index contributed by atoms with van der Waals surface area (Å²) in [7, 11) is 1.63. The van der Waals surface area contributed by atoms with Gasteiger partial charge in [0.1, 0.15) is 11.5 Å². The number of carbonyl (C=O) groups is 1. The van der Waals surface area contributed by atoms with Gasteiger partial charge >= 0.3 is 0 Å². The first-order valence-corrected chi connectivity index (χ1v) is 12.3. The number of benzene rings is 4. The zero-order valence-corrected chi connectivity index (χ0v) is 20.6. The molecule has 4 aromatic carbocycles.